The molecule has 0 bridgehead atoms. The molecule has 0 fully saturated rings. The van der Waals surface area contributed by atoms with Gasteiger partial charge in [-0.15, -0.1) is 0 Å². The van der Waals surface area contributed by atoms with Gasteiger partial charge in [0.25, 0.3) is 0 Å². The zero-order valence-electron chi connectivity index (χ0n) is 2.19. The number of hydrogen-bond donors (Lipinski definition) is 0. The van der Waals surface area contributed by atoms with Gasteiger partial charge in [-0.05, 0) is 15.9 Å². The van der Waals surface area contributed by atoms with E-state index in [-0.39, 0.29) is 0 Å². The molecule has 0 saturated carbocycles. The Bertz CT molecular complexity index is 36.6. The molecule has 0 aliphatic carbocycles. The van der Waals surface area contributed by atoms with Crippen LogP contribution in [0.2, 0.25) is 0 Å². The minimum Gasteiger partial charge on any atom is -0.315 e. The summed E-state index contributed by atoms with van der Waals surface area (Å²) in [5, 5.41) is 4.53. The van der Waals surface area contributed by atoms with Gasteiger partial charge >= 0.3 is 0 Å². The van der Waals surface area contributed by atoms with Crippen LogP contribution in [0.15, 0.2) is 5.16 Å². The highest BCUT2D eigenvalue weighted by Crippen LogP contribution is 1.82. The molecule has 0 aliphatic rings. The van der Waals surface area contributed by atoms with Crippen molar-refractivity contribution in [2.45, 2.75) is 0 Å². The van der Waals surface area contributed by atoms with Gasteiger partial charge < -0.3 is 3.93 Å². The Morgan fingerprint density at radius 3 is 2.40 bits per heavy atom. The van der Waals surface area contributed by atoms with E-state index in [1.165, 1.54) is 5.12 Å². The monoisotopic (exact) mass is 201 g/mol. The Hall–Kier alpha value is 0.430. The molecule has 30 valence electrons. The van der Waals surface area contributed by atoms with Crippen molar-refractivity contribution in [2.75, 3.05) is 0 Å². The molecule has 0 unspecified atom stereocenters. The van der Waals surface area contributed by atoms with E-state index in [0.29, 0.717) is 0 Å². The summed E-state index contributed by atoms with van der Waals surface area (Å²) >= 11 is 5.44. The predicted octanol–water partition coefficient (Wildman–Crippen LogP) is 1.65. The third-order valence-corrected chi connectivity index (χ3v) is 0.414. The number of hydrogen-bond acceptors (Lipinski definition) is 2. The van der Waals surface area contributed by atoms with E-state index in [1.54, 1.807) is 0 Å². The van der Waals surface area contributed by atoms with E-state index in [4.69, 9.17) is 0 Å². The molecule has 0 saturated heterocycles. The van der Waals surface area contributed by atoms with Crippen molar-refractivity contribution in [3.63, 3.8) is 0 Å². The third-order valence-electron chi connectivity index (χ3n) is 0.0797. The van der Waals surface area contributed by atoms with E-state index >= 15 is 0 Å². The molecule has 0 aromatic heterocycles. The molecule has 0 amide bonds. The van der Waals surface area contributed by atoms with Crippen molar-refractivity contribution in [1.29, 1.82) is 0 Å². The van der Waals surface area contributed by atoms with Crippen molar-refractivity contribution in [3.05, 3.63) is 0 Å². The van der Waals surface area contributed by atoms with E-state index in [1.807, 2.05) is 0 Å². The third kappa shape index (κ3) is 4.43. The van der Waals surface area contributed by atoms with E-state index in [2.05, 4.69) is 41.3 Å². The van der Waals surface area contributed by atoms with Crippen molar-refractivity contribution < 1.29 is 3.93 Å². The lowest BCUT2D eigenvalue weighted by atomic mass is 11.7. The van der Waals surface area contributed by atoms with Gasteiger partial charge in [0.1, 0.15) is 5.12 Å². The summed E-state index contributed by atoms with van der Waals surface area (Å²) in [7, 11) is 0. The normalized spacial score (nSPS) is 9.20. The summed E-state index contributed by atoms with van der Waals surface area (Å²) < 4.78 is 4.03. The minimum atomic E-state index is 1.35. The smallest absolute Gasteiger partial charge is 0.215 e. The maximum absolute atomic E-state index is 4.03. The van der Waals surface area contributed by atoms with E-state index < -0.39 is 0 Å². The molecule has 0 N–H and O–H groups in total. The number of rotatable bonds is 1. The second-order valence-corrected chi connectivity index (χ2v) is 0.971. The fourth-order valence-electron chi connectivity index (χ4n) is 0.0151. The minimum absolute atomic E-state index is 1.35. The van der Waals surface area contributed by atoms with Crippen molar-refractivity contribution in [3.8, 4) is 0 Å². The summed E-state index contributed by atoms with van der Waals surface area (Å²) in [6.07, 6.45) is 0. The zero-order chi connectivity index (χ0) is 4.12. The Kier molecular flexibility index (Phi) is 4.81. The molecular weight excluding hydrogens is 202 g/mol. The quantitative estimate of drug-likeness (QED) is 0.468. The van der Waals surface area contributed by atoms with Gasteiger partial charge in [-0.1, -0.05) is 5.16 Å². The molecule has 2 nitrogen and oxygen atoms in total. The number of nitrogens with zero attached hydrogens (tertiary/aromatic N) is 1. The predicted molar refractivity (Wildman–Crippen MR) is 27.4 cm³/mol. The van der Waals surface area contributed by atoms with Crippen molar-refractivity contribution >= 4 is 37.3 Å². The Morgan fingerprint density at radius 1 is 1.80 bits per heavy atom. The lowest BCUT2D eigenvalue weighted by molar-refractivity contribution is 0.436. The fourth-order valence-corrected chi connectivity index (χ4v) is 0.407. The first-order chi connectivity index (χ1) is 2.41. The topological polar surface area (TPSA) is 21.6 Å². The largest absolute Gasteiger partial charge is 0.315 e. The average molecular weight is 203 g/mol. The van der Waals surface area contributed by atoms with Gasteiger partial charge in [-0.2, -0.15) is 0 Å². The molecule has 5 heavy (non-hydrogen) atoms. The Morgan fingerprint density at radius 2 is 2.40 bits per heavy atom. The van der Waals surface area contributed by atoms with Crippen LogP contribution in [0.4, 0.5) is 0 Å². The number of halogens is 2. The van der Waals surface area contributed by atoms with Crippen LogP contribution in [0, 0.1) is 0 Å². The lowest BCUT2D eigenvalue weighted by Gasteiger charge is -1.68. The van der Waals surface area contributed by atoms with Crippen LogP contribution >= 0.6 is 32.2 Å². The fraction of sp³-hybridized carbons (Fsp3) is 0. The number of oxime groups is 1. The second-order valence-electron chi connectivity index (χ2n) is 0.272. The van der Waals surface area contributed by atoms with Crippen LogP contribution in [-0.2, 0) is 3.93 Å². The first-order valence-corrected chi connectivity index (χ1v) is 2.38. The molecule has 0 atom stereocenters. The average Bonchev–Trinajstić information content (AvgIpc) is 1.41. The van der Waals surface area contributed by atoms with Gasteiger partial charge in [-0.3, -0.25) is 0 Å². The van der Waals surface area contributed by atoms with Crippen molar-refractivity contribution in [2.24, 2.45) is 5.16 Å². The highest BCUT2D eigenvalue weighted by Gasteiger charge is 1.52. The zero-order valence-corrected chi connectivity index (χ0v) is 5.36. The first kappa shape index (κ1) is 5.43. The van der Waals surface area contributed by atoms with Gasteiger partial charge in [0, 0.05) is 0 Å². The van der Waals surface area contributed by atoms with E-state index in [0.717, 1.165) is 0 Å². The first-order valence-electron chi connectivity index (χ1n) is 0.813. The Balaban J connectivity index is 2.62. The maximum Gasteiger partial charge on any atom is 0.215 e. The summed E-state index contributed by atoms with van der Waals surface area (Å²) in [5.74, 6) is 0. The van der Waals surface area contributed by atoms with Crippen LogP contribution in [0.1, 0.15) is 0 Å². The molecular formula is CHBr2NO. The van der Waals surface area contributed by atoms with Crippen molar-refractivity contribution in [1.82, 2.24) is 0 Å². The molecule has 0 heterocycles. The standard InChI is InChI=1S/CHBr2NO/c2-1-4-5-3/h1H/b4-1-. The lowest BCUT2D eigenvalue weighted by Crippen LogP contribution is -1.48. The maximum atomic E-state index is 4.03. The highest BCUT2D eigenvalue weighted by molar-refractivity contribution is 9.17. The Labute approximate surface area is 46.8 Å². The second kappa shape index (κ2) is 4.43. The SMILES string of the molecule is Br/C=N\OBr. The van der Waals surface area contributed by atoms with Crippen LogP contribution < -0.4 is 0 Å². The van der Waals surface area contributed by atoms with Crippen LogP contribution in [-0.4, -0.2) is 5.12 Å². The van der Waals surface area contributed by atoms with Crippen LogP contribution in [0.25, 0.3) is 0 Å². The molecule has 0 radical (unpaired) electrons. The highest BCUT2D eigenvalue weighted by atomic mass is 79.9. The molecule has 4 heteroatoms. The summed E-state index contributed by atoms with van der Waals surface area (Å²) in [4.78, 5) is 0. The molecule has 0 spiro atoms. The van der Waals surface area contributed by atoms with Gasteiger partial charge in [0.2, 0.25) is 16.3 Å². The molecule has 0 rings (SSSR count). The summed E-state index contributed by atoms with van der Waals surface area (Å²) in [5.41, 5.74) is 0. The van der Waals surface area contributed by atoms with Crippen LogP contribution in [0.3, 0.4) is 0 Å². The van der Waals surface area contributed by atoms with Crippen LogP contribution in [0.5, 0.6) is 0 Å². The molecule has 0 aliphatic heterocycles. The van der Waals surface area contributed by atoms with E-state index in [9.17, 15) is 0 Å². The summed E-state index contributed by atoms with van der Waals surface area (Å²) in [6, 6.07) is 0. The van der Waals surface area contributed by atoms with Gasteiger partial charge in [0.05, 0.1) is 0 Å². The molecule has 0 aromatic rings. The summed E-state index contributed by atoms with van der Waals surface area (Å²) in [6.45, 7) is 0. The van der Waals surface area contributed by atoms with Gasteiger partial charge in [0.15, 0.2) is 0 Å². The molecule has 0 aromatic carbocycles. The van der Waals surface area contributed by atoms with Gasteiger partial charge in [-0.25, -0.2) is 0 Å².